The zero-order valence-electron chi connectivity index (χ0n) is 10.3. The molecule has 1 heterocycles. The summed E-state index contributed by atoms with van der Waals surface area (Å²) >= 11 is 0. The van der Waals surface area contributed by atoms with Gasteiger partial charge in [0.1, 0.15) is 5.72 Å². The van der Waals surface area contributed by atoms with Gasteiger partial charge in [-0.1, -0.05) is 33.1 Å². The first-order valence-corrected chi connectivity index (χ1v) is 6.67. The highest BCUT2D eigenvalue weighted by Crippen LogP contribution is 2.37. The summed E-state index contributed by atoms with van der Waals surface area (Å²) in [7, 11) is 0. The van der Waals surface area contributed by atoms with E-state index in [-0.39, 0.29) is 5.72 Å². The number of hydrogen-bond acceptors (Lipinski definition) is 2. The Morgan fingerprint density at radius 1 is 1.00 bits per heavy atom. The van der Waals surface area contributed by atoms with Crippen molar-refractivity contribution < 1.29 is 4.74 Å². The predicted octanol–water partition coefficient (Wildman–Crippen LogP) is 3.22. The molecule has 2 heteroatoms. The molecule has 0 aromatic carbocycles. The summed E-state index contributed by atoms with van der Waals surface area (Å²) in [5, 5.41) is 3.86. The Hall–Kier alpha value is -0.0800. The molecule has 88 valence electrons. The molecule has 2 rings (SSSR count). The number of nitrogens with one attached hydrogen (secondary N) is 1. The fourth-order valence-electron chi connectivity index (χ4n) is 3.26. The van der Waals surface area contributed by atoms with Crippen LogP contribution in [0.4, 0.5) is 0 Å². The molecule has 1 saturated carbocycles. The summed E-state index contributed by atoms with van der Waals surface area (Å²) in [6.45, 7) is 5.42. The first-order valence-electron chi connectivity index (χ1n) is 6.67. The second kappa shape index (κ2) is 4.42. The van der Waals surface area contributed by atoms with Crippen LogP contribution < -0.4 is 5.32 Å². The van der Waals surface area contributed by atoms with Gasteiger partial charge in [-0.05, 0) is 32.1 Å². The van der Waals surface area contributed by atoms with Crippen LogP contribution >= 0.6 is 0 Å². The van der Waals surface area contributed by atoms with Crippen molar-refractivity contribution in [3.63, 3.8) is 0 Å². The van der Waals surface area contributed by atoms with Gasteiger partial charge >= 0.3 is 0 Å². The molecule has 2 fully saturated rings. The zero-order valence-corrected chi connectivity index (χ0v) is 10.3. The van der Waals surface area contributed by atoms with Crippen LogP contribution in [-0.2, 0) is 4.74 Å². The second-order valence-corrected chi connectivity index (χ2v) is 5.27. The first kappa shape index (κ1) is 11.4. The Labute approximate surface area is 93.8 Å². The minimum Gasteiger partial charge on any atom is -0.361 e. The molecule has 15 heavy (non-hydrogen) atoms. The Bertz CT molecular complexity index is 199. The van der Waals surface area contributed by atoms with Gasteiger partial charge in [0.05, 0.1) is 6.61 Å². The van der Waals surface area contributed by atoms with E-state index in [1.807, 2.05) is 0 Å². The Kier molecular flexibility index (Phi) is 3.36. The van der Waals surface area contributed by atoms with Gasteiger partial charge in [0.2, 0.25) is 0 Å². The highest BCUT2D eigenvalue weighted by Gasteiger charge is 2.43. The first-order chi connectivity index (χ1) is 7.24. The molecule has 1 saturated heterocycles. The third-order valence-corrected chi connectivity index (χ3v) is 4.40. The van der Waals surface area contributed by atoms with Crippen LogP contribution in [0.1, 0.15) is 65.2 Å². The van der Waals surface area contributed by atoms with E-state index in [1.165, 1.54) is 38.5 Å². The minimum atomic E-state index is -0.0183. The van der Waals surface area contributed by atoms with Crippen LogP contribution in [0.25, 0.3) is 0 Å². The van der Waals surface area contributed by atoms with Crippen molar-refractivity contribution >= 4 is 0 Å². The van der Waals surface area contributed by atoms with Crippen LogP contribution in [0.3, 0.4) is 0 Å². The van der Waals surface area contributed by atoms with E-state index in [4.69, 9.17) is 4.74 Å². The Morgan fingerprint density at radius 3 is 2.27 bits per heavy atom. The molecule has 0 aromatic heterocycles. The minimum absolute atomic E-state index is 0.0183. The van der Waals surface area contributed by atoms with Crippen LogP contribution in [0.2, 0.25) is 0 Å². The molecular formula is C13H25NO. The quantitative estimate of drug-likeness (QED) is 0.757. The van der Waals surface area contributed by atoms with Gasteiger partial charge in [0.25, 0.3) is 0 Å². The average molecular weight is 211 g/mol. The Balaban J connectivity index is 2.07. The molecule has 0 aromatic rings. The average Bonchev–Trinajstić information content (AvgIpc) is 2.30. The summed E-state index contributed by atoms with van der Waals surface area (Å²) in [6, 6.07) is 0. The molecular weight excluding hydrogens is 186 g/mol. The lowest BCUT2D eigenvalue weighted by molar-refractivity contribution is -0.143. The van der Waals surface area contributed by atoms with E-state index in [0.717, 1.165) is 19.4 Å². The van der Waals surface area contributed by atoms with Crippen molar-refractivity contribution in [1.29, 1.82) is 0 Å². The standard InChI is InChI=1S/C13H25NO/c1-3-13(4-2)14-12(10-11-15-13)8-6-5-7-9-12/h14H,3-11H2,1-2H3. The van der Waals surface area contributed by atoms with Gasteiger partial charge in [0.15, 0.2) is 0 Å². The molecule has 1 N–H and O–H groups in total. The molecule has 2 nitrogen and oxygen atoms in total. The van der Waals surface area contributed by atoms with Gasteiger partial charge in [-0.15, -0.1) is 0 Å². The van der Waals surface area contributed by atoms with Crippen molar-refractivity contribution in [2.75, 3.05) is 6.61 Å². The van der Waals surface area contributed by atoms with E-state index in [0.29, 0.717) is 5.54 Å². The van der Waals surface area contributed by atoms with Crippen molar-refractivity contribution in [1.82, 2.24) is 5.32 Å². The number of rotatable bonds is 2. The largest absolute Gasteiger partial charge is 0.361 e. The molecule has 0 atom stereocenters. The lowest BCUT2D eigenvalue weighted by Crippen LogP contribution is -2.63. The van der Waals surface area contributed by atoms with E-state index in [2.05, 4.69) is 19.2 Å². The SMILES string of the molecule is CCC1(CC)NC2(CCCCC2)CCO1. The topological polar surface area (TPSA) is 21.3 Å². The normalized spacial score (nSPS) is 29.2. The smallest absolute Gasteiger partial charge is 0.119 e. The van der Waals surface area contributed by atoms with Crippen LogP contribution in [-0.4, -0.2) is 17.9 Å². The number of hydrogen-bond donors (Lipinski definition) is 1. The highest BCUT2D eigenvalue weighted by atomic mass is 16.5. The molecule has 1 aliphatic carbocycles. The van der Waals surface area contributed by atoms with Gasteiger partial charge < -0.3 is 4.74 Å². The van der Waals surface area contributed by atoms with Gasteiger partial charge in [-0.25, -0.2) is 0 Å². The van der Waals surface area contributed by atoms with Crippen molar-refractivity contribution in [3.05, 3.63) is 0 Å². The van der Waals surface area contributed by atoms with E-state index in [9.17, 15) is 0 Å². The van der Waals surface area contributed by atoms with Crippen LogP contribution in [0.5, 0.6) is 0 Å². The fourth-order valence-corrected chi connectivity index (χ4v) is 3.26. The molecule has 0 radical (unpaired) electrons. The molecule has 2 aliphatic rings. The third kappa shape index (κ3) is 2.21. The van der Waals surface area contributed by atoms with Crippen molar-refractivity contribution in [3.8, 4) is 0 Å². The maximum Gasteiger partial charge on any atom is 0.119 e. The monoisotopic (exact) mass is 211 g/mol. The zero-order chi connectivity index (χ0) is 10.8. The second-order valence-electron chi connectivity index (χ2n) is 5.27. The van der Waals surface area contributed by atoms with E-state index >= 15 is 0 Å². The summed E-state index contributed by atoms with van der Waals surface area (Å²) in [4.78, 5) is 0. The molecule has 0 amide bonds. The number of ether oxygens (including phenoxy) is 1. The maximum absolute atomic E-state index is 5.98. The predicted molar refractivity (Wildman–Crippen MR) is 62.8 cm³/mol. The Morgan fingerprint density at radius 2 is 1.67 bits per heavy atom. The van der Waals surface area contributed by atoms with E-state index in [1.54, 1.807) is 0 Å². The van der Waals surface area contributed by atoms with Crippen molar-refractivity contribution in [2.24, 2.45) is 0 Å². The molecule has 1 aliphatic heterocycles. The van der Waals surface area contributed by atoms with Gasteiger partial charge in [-0.3, -0.25) is 5.32 Å². The van der Waals surface area contributed by atoms with Gasteiger partial charge in [0, 0.05) is 5.54 Å². The lowest BCUT2D eigenvalue weighted by Gasteiger charge is -2.50. The fraction of sp³-hybridized carbons (Fsp3) is 1.00. The van der Waals surface area contributed by atoms with E-state index < -0.39 is 0 Å². The van der Waals surface area contributed by atoms with Crippen LogP contribution in [0, 0.1) is 0 Å². The highest BCUT2D eigenvalue weighted by molar-refractivity contribution is 4.98. The molecule has 0 bridgehead atoms. The van der Waals surface area contributed by atoms with Crippen molar-refractivity contribution in [2.45, 2.75) is 76.5 Å². The summed E-state index contributed by atoms with van der Waals surface area (Å²) < 4.78 is 5.98. The third-order valence-electron chi connectivity index (χ3n) is 4.40. The lowest BCUT2D eigenvalue weighted by atomic mass is 9.77. The summed E-state index contributed by atoms with van der Waals surface area (Å²) in [5.41, 5.74) is 0.401. The van der Waals surface area contributed by atoms with Crippen LogP contribution in [0.15, 0.2) is 0 Å². The summed E-state index contributed by atoms with van der Waals surface area (Å²) in [5.74, 6) is 0. The summed E-state index contributed by atoms with van der Waals surface area (Å²) in [6.07, 6.45) is 10.3. The molecule has 0 unspecified atom stereocenters. The molecule has 1 spiro atoms. The maximum atomic E-state index is 5.98. The van der Waals surface area contributed by atoms with Gasteiger partial charge in [-0.2, -0.15) is 0 Å².